The molecule has 14 heterocycles. The molecule has 3 aliphatic carbocycles. The van der Waals surface area contributed by atoms with Crippen molar-refractivity contribution in [3.63, 3.8) is 0 Å². The van der Waals surface area contributed by atoms with Crippen LogP contribution in [0.4, 0.5) is 31.0 Å². The number of hydrogen-bond donors (Lipinski definition) is 3. The average molecular weight is 1630 g/mol. The Kier molecular flexibility index (Phi) is 23.3. The SMILES string of the molecule is CC1CCC(Cn2c(N3CCC[C@H]3C(F)(F)F)nc3cc(-c4n[nH]c(=O)o4)nc(-c4cncc(Cl)c4)c32)CC1.CC1CCC(Cn2c(N3CCOC[C@H]3C)nc3cc(-c4noc(=O)[nH]4)nc(-c4cncc(Cl)c4)c32)CC1.CC1CCC(Cn2c(N3CCOC[C@H]3c3ccccc3)nc3cc(C(=O)O)nc(-c4cncc(Cl)c4)c32)CC1. The summed E-state index contributed by atoms with van der Waals surface area (Å²) < 4.78 is 70.3. The van der Waals surface area contributed by atoms with Crippen LogP contribution >= 0.6 is 34.8 Å². The Labute approximate surface area is 674 Å². The molecule has 1 aromatic carbocycles. The molecular weight excluding hydrogens is 1540 g/mol. The third-order valence-electron chi connectivity index (χ3n) is 23.4. The fraction of sp³-hybridized carbons (Fsp3) is 0.463. The monoisotopic (exact) mass is 1630 g/mol. The number of pyridine rings is 6. The Balaban J connectivity index is 0.000000130. The van der Waals surface area contributed by atoms with Crippen molar-refractivity contribution in [1.29, 1.82) is 0 Å². The van der Waals surface area contributed by atoms with E-state index in [0.717, 1.165) is 110 Å². The molecule has 115 heavy (non-hydrogen) atoms. The summed E-state index contributed by atoms with van der Waals surface area (Å²) in [5, 5.41) is 21.2. The molecule has 18 rings (SSSR count). The van der Waals surface area contributed by atoms with Crippen LogP contribution in [0.5, 0.6) is 0 Å². The molecule has 0 bridgehead atoms. The molecule has 11 aromatic heterocycles. The number of hydrogen-bond acceptors (Lipinski definition) is 21. The number of aromatic amines is 2. The number of carboxylic acids is 1. The summed E-state index contributed by atoms with van der Waals surface area (Å²) in [6.45, 7) is 15.4. The number of fused-ring (bicyclic) bond motifs is 3. The first-order chi connectivity index (χ1) is 55.6. The first-order valence-corrected chi connectivity index (χ1v) is 40.7. The topological polar surface area (TPSA) is 314 Å². The number of morpholine rings is 2. The molecule has 0 spiro atoms. The number of H-pyrrole nitrogens is 2. The Bertz CT molecular complexity index is 5590. The highest BCUT2D eigenvalue weighted by Gasteiger charge is 2.48. The van der Waals surface area contributed by atoms with E-state index in [2.05, 4.69) is 99.0 Å². The predicted molar refractivity (Wildman–Crippen MR) is 431 cm³/mol. The number of aromatic carboxylic acids is 1. The molecule has 12 aromatic rings. The van der Waals surface area contributed by atoms with E-state index < -0.39 is 29.7 Å². The van der Waals surface area contributed by atoms with Crippen molar-refractivity contribution in [3.8, 4) is 56.9 Å². The van der Waals surface area contributed by atoms with Crippen LogP contribution in [0.15, 0.2) is 122 Å². The predicted octanol–water partition coefficient (Wildman–Crippen LogP) is 16.6. The standard InChI is InChI=1S/C30H32ClN5O3.C26H27ClF3N7O2.C26H30ClN7O3/c1-19-7-9-20(10-8-19)17-36-28-24(14-25(29(37)38)33-27(28)22-13-23(31)16-32-15-22)34-30(36)35-11-12-39-18-26(35)21-5-3-2-4-6-21;1-14-4-6-15(7-5-14)13-37-22-18(33-24(37)36-8-2-3-20(36)26(28,29)30)10-19(23-34-35-25(38)39-23)32-21(22)16-9-17(27)12-31-11-16;1-15-3-5-17(6-4-15)13-34-23-20(30-25(34)33-7-8-36-14-16(33)2)10-21(24-31-26(35)37-32-24)29-22(23)18-9-19(27)12-28-11-18/h2-6,13-16,19-20,26H,7-12,17-18H2,1H3,(H,37,38);9-12,14-15,20H,2-8,13H2,1H3,(H,35,38);9-12,15-17H,3-8,13-14H2,1-2H3,(H,31,32,35)/t19?,20?,26-;14?,15?,20-;15?,16-,17?/m001/s1. The van der Waals surface area contributed by atoms with Gasteiger partial charge in [-0.1, -0.05) is 130 Å². The minimum absolute atomic E-state index is 0.00919. The minimum atomic E-state index is -4.39. The lowest BCUT2D eigenvalue weighted by atomic mass is 9.83. The van der Waals surface area contributed by atoms with E-state index in [1.54, 1.807) is 55.2 Å². The summed E-state index contributed by atoms with van der Waals surface area (Å²) in [5.74, 6) is 3.21. The lowest BCUT2D eigenvalue weighted by Gasteiger charge is -2.37. The van der Waals surface area contributed by atoms with Gasteiger partial charge in [-0.3, -0.25) is 24.5 Å². The molecule has 33 heteroatoms. The van der Waals surface area contributed by atoms with Crippen molar-refractivity contribution < 1.29 is 41.5 Å². The van der Waals surface area contributed by atoms with E-state index in [9.17, 15) is 32.7 Å². The summed E-state index contributed by atoms with van der Waals surface area (Å²) in [7, 11) is 0. The Morgan fingerprint density at radius 2 is 1.01 bits per heavy atom. The van der Waals surface area contributed by atoms with Crippen LogP contribution in [-0.2, 0) is 29.1 Å². The molecule has 3 saturated carbocycles. The lowest BCUT2D eigenvalue weighted by molar-refractivity contribution is -0.146. The number of nitrogens with zero attached hydrogens (tertiary/aromatic N) is 17. The van der Waals surface area contributed by atoms with Gasteiger partial charge in [-0.15, -0.1) is 5.10 Å². The summed E-state index contributed by atoms with van der Waals surface area (Å²) in [5.41, 5.74) is 9.55. The Hall–Kier alpha value is -10.1. The molecule has 3 saturated heterocycles. The first kappa shape index (κ1) is 78.7. The van der Waals surface area contributed by atoms with E-state index in [0.29, 0.717) is 135 Å². The maximum Gasteiger partial charge on any atom is 0.439 e. The van der Waals surface area contributed by atoms with Crippen LogP contribution in [0.1, 0.15) is 140 Å². The molecule has 6 fully saturated rings. The molecule has 6 aliphatic rings. The number of imidazole rings is 3. The largest absolute Gasteiger partial charge is 0.477 e. The normalized spacial score (nSPS) is 22.2. The van der Waals surface area contributed by atoms with Crippen molar-refractivity contribution in [2.75, 3.05) is 60.8 Å². The van der Waals surface area contributed by atoms with E-state index in [-0.39, 0.29) is 54.1 Å². The summed E-state index contributed by atoms with van der Waals surface area (Å²) in [4.78, 5) is 86.2. The van der Waals surface area contributed by atoms with Gasteiger partial charge in [-0.25, -0.2) is 49.4 Å². The van der Waals surface area contributed by atoms with E-state index >= 15 is 0 Å². The number of halogens is 6. The number of aromatic nitrogens is 16. The van der Waals surface area contributed by atoms with Gasteiger partial charge >= 0.3 is 23.7 Å². The second-order valence-corrected chi connectivity index (χ2v) is 33.0. The van der Waals surface area contributed by atoms with Gasteiger partial charge in [0.2, 0.25) is 23.7 Å². The number of carbonyl (C=O) groups is 1. The average Bonchev–Trinajstić information content (AvgIpc) is 1.62. The van der Waals surface area contributed by atoms with Crippen molar-refractivity contribution in [1.82, 2.24) is 78.9 Å². The maximum absolute atomic E-state index is 14.1. The van der Waals surface area contributed by atoms with Gasteiger partial charge in [-0.2, -0.15) is 13.2 Å². The van der Waals surface area contributed by atoms with Gasteiger partial charge in [0.05, 0.1) is 104 Å². The van der Waals surface area contributed by atoms with Crippen LogP contribution in [0, 0.1) is 35.5 Å². The second kappa shape index (κ2) is 34.0. The number of alkyl halides is 3. The molecule has 3 aliphatic heterocycles. The number of ether oxygens (including phenoxy) is 2. The second-order valence-electron chi connectivity index (χ2n) is 31.7. The summed E-state index contributed by atoms with van der Waals surface area (Å²) in [6, 6.07) is 19.3. The van der Waals surface area contributed by atoms with Gasteiger partial charge in [0.25, 0.3) is 5.89 Å². The molecule has 27 nitrogen and oxygen atoms in total. The molecule has 3 N–H and O–H groups in total. The van der Waals surface area contributed by atoms with Crippen LogP contribution in [0.3, 0.4) is 0 Å². The van der Waals surface area contributed by atoms with Crippen molar-refractivity contribution >= 4 is 91.7 Å². The first-order valence-electron chi connectivity index (χ1n) is 39.6. The van der Waals surface area contributed by atoms with Crippen molar-refractivity contribution in [2.24, 2.45) is 35.5 Å². The third kappa shape index (κ3) is 17.3. The molecule has 602 valence electrons. The number of nitrogens with one attached hydrogen (secondary N) is 2. The molecule has 3 atom stereocenters. The number of anilines is 3. The van der Waals surface area contributed by atoms with Crippen LogP contribution in [0.2, 0.25) is 15.1 Å². The number of carboxylic acid groups (broad SMARTS) is 1. The zero-order valence-corrected chi connectivity index (χ0v) is 66.4. The fourth-order valence-corrected chi connectivity index (χ4v) is 17.9. The van der Waals surface area contributed by atoms with Gasteiger partial charge < -0.3 is 47.4 Å². The molecule has 0 radical (unpaired) electrons. The van der Waals surface area contributed by atoms with Crippen LogP contribution in [-0.4, -0.2) is 154 Å². The molecule has 0 unspecified atom stereocenters. The van der Waals surface area contributed by atoms with E-state index in [1.165, 1.54) is 49.6 Å². The quantitative estimate of drug-likeness (QED) is 0.0809. The van der Waals surface area contributed by atoms with E-state index in [1.807, 2.05) is 34.9 Å². The third-order valence-corrected chi connectivity index (χ3v) is 24.0. The minimum Gasteiger partial charge on any atom is -0.477 e. The van der Waals surface area contributed by atoms with Gasteiger partial charge in [0.15, 0.2) is 5.69 Å². The zero-order valence-electron chi connectivity index (χ0n) is 64.2. The van der Waals surface area contributed by atoms with Crippen molar-refractivity contribution in [2.45, 2.75) is 162 Å². The highest BCUT2D eigenvalue weighted by Crippen LogP contribution is 2.45. The van der Waals surface area contributed by atoms with Crippen LogP contribution < -0.4 is 26.2 Å². The van der Waals surface area contributed by atoms with Crippen molar-refractivity contribution in [3.05, 3.63) is 151 Å². The van der Waals surface area contributed by atoms with E-state index in [4.69, 9.17) is 78.1 Å². The molecular formula is C82H89Cl3F3N19O8. The number of benzene rings is 1. The molecule has 0 amide bonds. The summed E-state index contributed by atoms with van der Waals surface area (Å²) >= 11 is 18.9. The lowest BCUT2D eigenvalue weighted by Crippen LogP contribution is -2.45. The van der Waals surface area contributed by atoms with Gasteiger partial charge in [0, 0.05) is 93.1 Å². The van der Waals surface area contributed by atoms with Gasteiger partial charge in [0.1, 0.15) is 17.4 Å². The highest BCUT2D eigenvalue weighted by atomic mass is 35.5. The smallest absolute Gasteiger partial charge is 0.439 e. The zero-order chi connectivity index (χ0) is 79.8. The fourth-order valence-electron chi connectivity index (χ4n) is 17.3. The van der Waals surface area contributed by atoms with Gasteiger partial charge in [-0.05, 0) is 136 Å². The maximum atomic E-state index is 14.1. The number of rotatable bonds is 16. The highest BCUT2D eigenvalue weighted by molar-refractivity contribution is 6.31. The Morgan fingerprint density at radius 3 is 1.48 bits per heavy atom. The summed E-state index contributed by atoms with van der Waals surface area (Å²) in [6.07, 6.45) is 19.4. The van der Waals surface area contributed by atoms with Crippen LogP contribution in [0.25, 0.3) is 90.0 Å². The Morgan fingerprint density at radius 1 is 0.539 bits per heavy atom.